The topological polar surface area (TPSA) is 68.0 Å². The standard InChI is InChI=1S/C15H16ClN3O2S/c16-11-5-3-4-10(8-11)14-18-19-15(21-14)22-9-13(20)17-12-6-1-2-7-12/h3-5,8,12H,1-2,6-7,9H2,(H,17,20). The molecule has 1 N–H and O–H groups in total. The van der Waals surface area contributed by atoms with Crippen molar-refractivity contribution in [3.05, 3.63) is 29.3 Å². The van der Waals surface area contributed by atoms with E-state index in [0.29, 0.717) is 22.2 Å². The summed E-state index contributed by atoms with van der Waals surface area (Å²) in [7, 11) is 0. The molecule has 1 aliphatic carbocycles. The van der Waals surface area contributed by atoms with Crippen LogP contribution in [0.15, 0.2) is 33.9 Å². The average Bonchev–Trinajstić information content (AvgIpc) is 3.16. The van der Waals surface area contributed by atoms with E-state index in [1.165, 1.54) is 24.6 Å². The van der Waals surface area contributed by atoms with Crippen molar-refractivity contribution in [3.8, 4) is 11.5 Å². The number of thioether (sulfide) groups is 1. The van der Waals surface area contributed by atoms with Crippen LogP contribution < -0.4 is 5.32 Å². The van der Waals surface area contributed by atoms with E-state index in [1.54, 1.807) is 12.1 Å². The number of hydrogen-bond acceptors (Lipinski definition) is 5. The Hall–Kier alpha value is -1.53. The fourth-order valence-corrected chi connectivity index (χ4v) is 3.24. The largest absolute Gasteiger partial charge is 0.411 e. The highest BCUT2D eigenvalue weighted by Gasteiger charge is 2.18. The van der Waals surface area contributed by atoms with E-state index in [2.05, 4.69) is 15.5 Å². The third-order valence-corrected chi connectivity index (χ3v) is 4.58. The van der Waals surface area contributed by atoms with Gasteiger partial charge in [-0.25, -0.2) is 0 Å². The van der Waals surface area contributed by atoms with Gasteiger partial charge in [0.05, 0.1) is 5.75 Å². The molecule has 1 aromatic carbocycles. The van der Waals surface area contributed by atoms with Gasteiger partial charge < -0.3 is 9.73 Å². The Kier molecular flexibility index (Phi) is 5.00. The molecule has 1 saturated carbocycles. The van der Waals surface area contributed by atoms with E-state index in [1.807, 2.05) is 12.1 Å². The minimum Gasteiger partial charge on any atom is -0.411 e. The molecule has 3 rings (SSSR count). The number of hydrogen-bond donors (Lipinski definition) is 1. The van der Waals surface area contributed by atoms with Gasteiger partial charge in [-0.15, -0.1) is 10.2 Å². The third-order valence-electron chi connectivity index (χ3n) is 3.53. The number of carbonyl (C=O) groups excluding carboxylic acids is 1. The Morgan fingerprint density at radius 3 is 2.95 bits per heavy atom. The number of carbonyl (C=O) groups is 1. The van der Waals surface area contributed by atoms with Gasteiger partial charge in [-0.1, -0.05) is 42.3 Å². The summed E-state index contributed by atoms with van der Waals surface area (Å²) in [6.45, 7) is 0. The fourth-order valence-electron chi connectivity index (χ4n) is 2.47. The van der Waals surface area contributed by atoms with Gasteiger partial charge in [0.15, 0.2) is 0 Å². The molecule has 1 fully saturated rings. The smallest absolute Gasteiger partial charge is 0.277 e. The van der Waals surface area contributed by atoms with Crippen LogP contribution in [0.2, 0.25) is 5.02 Å². The number of rotatable bonds is 5. The highest BCUT2D eigenvalue weighted by Crippen LogP contribution is 2.25. The van der Waals surface area contributed by atoms with Crippen molar-refractivity contribution in [3.63, 3.8) is 0 Å². The van der Waals surface area contributed by atoms with Crippen molar-refractivity contribution >= 4 is 29.3 Å². The van der Waals surface area contributed by atoms with Crippen LogP contribution in [-0.4, -0.2) is 27.9 Å². The molecule has 22 heavy (non-hydrogen) atoms. The summed E-state index contributed by atoms with van der Waals surface area (Å²) in [4.78, 5) is 11.9. The molecule has 0 aliphatic heterocycles. The number of halogens is 1. The van der Waals surface area contributed by atoms with E-state index in [9.17, 15) is 4.79 Å². The molecule has 0 radical (unpaired) electrons. The summed E-state index contributed by atoms with van der Waals surface area (Å²) in [6.07, 6.45) is 4.56. The first kappa shape index (κ1) is 15.4. The molecule has 116 valence electrons. The summed E-state index contributed by atoms with van der Waals surface area (Å²) in [5.41, 5.74) is 0.766. The van der Waals surface area contributed by atoms with Crippen molar-refractivity contribution in [2.24, 2.45) is 0 Å². The van der Waals surface area contributed by atoms with E-state index in [-0.39, 0.29) is 11.7 Å². The minimum atomic E-state index is 0.0133. The lowest BCUT2D eigenvalue weighted by Gasteiger charge is -2.10. The number of benzene rings is 1. The predicted octanol–water partition coefficient (Wildman–Crippen LogP) is 3.54. The lowest BCUT2D eigenvalue weighted by atomic mass is 10.2. The highest BCUT2D eigenvalue weighted by molar-refractivity contribution is 7.99. The van der Waals surface area contributed by atoms with E-state index in [4.69, 9.17) is 16.0 Å². The Balaban J connectivity index is 1.54. The molecule has 1 aromatic heterocycles. The molecular formula is C15H16ClN3O2S. The molecule has 0 spiro atoms. The van der Waals surface area contributed by atoms with Crippen LogP contribution in [-0.2, 0) is 4.79 Å². The summed E-state index contributed by atoms with van der Waals surface area (Å²) in [5.74, 6) is 0.703. The maximum Gasteiger partial charge on any atom is 0.277 e. The molecule has 0 unspecified atom stereocenters. The van der Waals surface area contributed by atoms with Crippen molar-refractivity contribution in [2.45, 2.75) is 36.9 Å². The lowest BCUT2D eigenvalue weighted by Crippen LogP contribution is -2.33. The molecule has 0 saturated heterocycles. The normalized spacial score (nSPS) is 15.1. The van der Waals surface area contributed by atoms with E-state index >= 15 is 0 Å². The molecule has 5 nitrogen and oxygen atoms in total. The van der Waals surface area contributed by atoms with Crippen LogP contribution in [0.4, 0.5) is 0 Å². The molecule has 0 atom stereocenters. The fraction of sp³-hybridized carbons (Fsp3) is 0.400. The second-order valence-electron chi connectivity index (χ2n) is 5.22. The van der Waals surface area contributed by atoms with Gasteiger partial charge in [-0.2, -0.15) is 0 Å². The Morgan fingerprint density at radius 2 is 2.18 bits per heavy atom. The molecule has 2 aromatic rings. The average molecular weight is 338 g/mol. The highest BCUT2D eigenvalue weighted by atomic mass is 35.5. The maximum absolute atomic E-state index is 11.9. The number of aromatic nitrogens is 2. The van der Waals surface area contributed by atoms with E-state index < -0.39 is 0 Å². The molecule has 1 amide bonds. The molecule has 7 heteroatoms. The van der Waals surface area contributed by atoms with Gasteiger partial charge in [0.2, 0.25) is 11.8 Å². The Labute approximate surface area is 137 Å². The summed E-state index contributed by atoms with van der Waals surface area (Å²) < 4.78 is 5.55. The van der Waals surface area contributed by atoms with Crippen molar-refractivity contribution in [1.82, 2.24) is 15.5 Å². The monoisotopic (exact) mass is 337 g/mol. The zero-order valence-electron chi connectivity index (χ0n) is 11.9. The number of amides is 1. The van der Waals surface area contributed by atoms with Gasteiger partial charge in [0.1, 0.15) is 0 Å². The van der Waals surface area contributed by atoms with Crippen molar-refractivity contribution in [2.75, 3.05) is 5.75 Å². The number of nitrogens with zero attached hydrogens (tertiary/aromatic N) is 2. The summed E-state index contributed by atoms with van der Waals surface area (Å²) in [5, 5.41) is 12.0. The van der Waals surface area contributed by atoms with Crippen LogP contribution >= 0.6 is 23.4 Å². The summed E-state index contributed by atoms with van der Waals surface area (Å²) >= 11 is 7.18. The van der Waals surface area contributed by atoms with Gasteiger partial charge >= 0.3 is 0 Å². The van der Waals surface area contributed by atoms with Crippen molar-refractivity contribution < 1.29 is 9.21 Å². The Morgan fingerprint density at radius 1 is 1.36 bits per heavy atom. The van der Waals surface area contributed by atoms with Gasteiger partial charge in [-0.05, 0) is 31.0 Å². The first-order chi connectivity index (χ1) is 10.7. The molecule has 1 aliphatic rings. The predicted molar refractivity (Wildman–Crippen MR) is 85.9 cm³/mol. The van der Waals surface area contributed by atoms with Crippen molar-refractivity contribution in [1.29, 1.82) is 0 Å². The van der Waals surface area contributed by atoms with Crippen LogP contribution in [0.25, 0.3) is 11.5 Å². The zero-order valence-corrected chi connectivity index (χ0v) is 13.5. The van der Waals surface area contributed by atoms with Crippen LogP contribution in [0.3, 0.4) is 0 Å². The first-order valence-electron chi connectivity index (χ1n) is 7.22. The van der Waals surface area contributed by atoms with Gasteiger partial charge in [0.25, 0.3) is 5.22 Å². The van der Waals surface area contributed by atoms with Crippen LogP contribution in [0.1, 0.15) is 25.7 Å². The second kappa shape index (κ2) is 7.15. The van der Waals surface area contributed by atoms with Crippen LogP contribution in [0, 0.1) is 0 Å². The first-order valence-corrected chi connectivity index (χ1v) is 8.59. The minimum absolute atomic E-state index is 0.0133. The number of nitrogens with one attached hydrogen (secondary N) is 1. The second-order valence-corrected chi connectivity index (χ2v) is 6.58. The maximum atomic E-state index is 11.9. The quantitative estimate of drug-likeness (QED) is 0.845. The summed E-state index contributed by atoms with van der Waals surface area (Å²) in [6, 6.07) is 7.54. The van der Waals surface area contributed by atoms with Gasteiger partial charge in [0, 0.05) is 16.6 Å². The zero-order chi connectivity index (χ0) is 15.4. The SMILES string of the molecule is O=C(CSc1nnc(-c2cccc(Cl)c2)o1)NC1CCCC1. The molecule has 0 bridgehead atoms. The van der Waals surface area contributed by atoms with Crippen LogP contribution in [0.5, 0.6) is 0 Å². The van der Waals surface area contributed by atoms with E-state index in [0.717, 1.165) is 18.4 Å². The van der Waals surface area contributed by atoms with Gasteiger partial charge in [-0.3, -0.25) is 4.79 Å². The Bertz CT molecular complexity index is 656. The third kappa shape index (κ3) is 4.01. The molecular weight excluding hydrogens is 322 g/mol. The lowest BCUT2D eigenvalue weighted by molar-refractivity contribution is -0.119. The molecule has 1 heterocycles.